The predicted octanol–water partition coefficient (Wildman–Crippen LogP) is 1.53. The molecule has 0 fully saturated rings. The Morgan fingerprint density at radius 1 is 1.19 bits per heavy atom. The SMILES string of the molecule is Cc1cc(C)c(CN(C)C(=O)CN)cc1C. The summed E-state index contributed by atoms with van der Waals surface area (Å²) in [7, 11) is 1.78. The van der Waals surface area contributed by atoms with Crippen molar-refractivity contribution < 1.29 is 4.79 Å². The Labute approximate surface area is 97.2 Å². The van der Waals surface area contributed by atoms with Crippen molar-refractivity contribution in [3.63, 3.8) is 0 Å². The molecular weight excluding hydrogens is 200 g/mol. The molecule has 88 valence electrons. The first-order valence-corrected chi connectivity index (χ1v) is 5.46. The van der Waals surface area contributed by atoms with Crippen LogP contribution in [0.2, 0.25) is 0 Å². The number of rotatable bonds is 3. The molecule has 1 amide bonds. The Kier molecular flexibility index (Phi) is 4.07. The molecule has 0 atom stereocenters. The smallest absolute Gasteiger partial charge is 0.236 e. The van der Waals surface area contributed by atoms with Gasteiger partial charge in [-0.05, 0) is 43.0 Å². The van der Waals surface area contributed by atoms with E-state index < -0.39 is 0 Å². The lowest BCUT2D eigenvalue weighted by molar-refractivity contribution is -0.128. The van der Waals surface area contributed by atoms with E-state index in [2.05, 4.69) is 32.9 Å². The van der Waals surface area contributed by atoms with Gasteiger partial charge in [0.1, 0.15) is 0 Å². The largest absolute Gasteiger partial charge is 0.340 e. The molecule has 1 aromatic rings. The molecule has 0 unspecified atom stereocenters. The average molecular weight is 220 g/mol. The van der Waals surface area contributed by atoms with Gasteiger partial charge in [-0.25, -0.2) is 0 Å². The lowest BCUT2D eigenvalue weighted by Crippen LogP contribution is -2.32. The van der Waals surface area contributed by atoms with Gasteiger partial charge in [-0.2, -0.15) is 0 Å². The third-order valence-corrected chi connectivity index (χ3v) is 2.96. The van der Waals surface area contributed by atoms with Gasteiger partial charge in [0.2, 0.25) is 5.91 Å². The topological polar surface area (TPSA) is 46.3 Å². The van der Waals surface area contributed by atoms with Crippen LogP contribution in [0.1, 0.15) is 22.3 Å². The van der Waals surface area contributed by atoms with Gasteiger partial charge >= 0.3 is 0 Å². The van der Waals surface area contributed by atoms with Crippen LogP contribution in [0.15, 0.2) is 12.1 Å². The van der Waals surface area contributed by atoms with Crippen molar-refractivity contribution in [1.82, 2.24) is 4.90 Å². The van der Waals surface area contributed by atoms with E-state index in [1.165, 1.54) is 22.3 Å². The highest BCUT2D eigenvalue weighted by molar-refractivity contribution is 5.77. The van der Waals surface area contributed by atoms with Crippen molar-refractivity contribution in [1.29, 1.82) is 0 Å². The van der Waals surface area contributed by atoms with Crippen LogP contribution >= 0.6 is 0 Å². The van der Waals surface area contributed by atoms with Gasteiger partial charge in [0, 0.05) is 13.6 Å². The molecule has 0 radical (unpaired) electrons. The van der Waals surface area contributed by atoms with Gasteiger partial charge in [-0.1, -0.05) is 12.1 Å². The zero-order valence-corrected chi connectivity index (χ0v) is 10.5. The third kappa shape index (κ3) is 2.83. The standard InChI is InChI=1S/C13H20N2O/c1-9-5-11(3)12(6-10(9)2)8-15(4)13(16)7-14/h5-6H,7-8,14H2,1-4H3. The monoisotopic (exact) mass is 220 g/mol. The maximum atomic E-state index is 11.4. The van der Waals surface area contributed by atoms with E-state index in [-0.39, 0.29) is 12.5 Å². The highest BCUT2D eigenvalue weighted by Crippen LogP contribution is 2.16. The molecule has 3 nitrogen and oxygen atoms in total. The number of nitrogens with two attached hydrogens (primary N) is 1. The van der Waals surface area contributed by atoms with Gasteiger partial charge in [-0.15, -0.1) is 0 Å². The minimum absolute atomic E-state index is 0.0300. The molecule has 3 heteroatoms. The normalized spacial score (nSPS) is 10.3. The number of benzene rings is 1. The highest BCUT2D eigenvalue weighted by atomic mass is 16.2. The summed E-state index contributed by atoms with van der Waals surface area (Å²) in [5, 5.41) is 0. The quantitative estimate of drug-likeness (QED) is 0.839. The molecule has 0 heterocycles. The molecule has 0 aliphatic rings. The number of likely N-dealkylation sites (N-methyl/N-ethyl adjacent to an activating group) is 1. The fourth-order valence-corrected chi connectivity index (χ4v) is 1.69. The number of carbonyl (C=O) groups excluding carboxylic acids is 1. The molecule has 0 aliphatic heterocycles. The summed E-state index contributed by atoms with van der Waals surface area (Å²) in [5.41, 5.74) is 10.3. The molecule has 0 aliphatic carbocycles. The fraction of sp³-hybridized carbons (Fsp3) is 0.462. The van der Waals surface area contributed by atoms with Gasteiger partial charge in [0.05, 0.1) is 6.54 Å². The van der Waals surface area contributed by atoms with E-state index >= 15 is 0 Å². The Morgan fingerprint density at radius 3 is 2.31 bits per heavy atom. The summed E-state index contributed by atoms with van der Waals surface area (Å²) in [5.74, 6) is -0.0300. The molecule has 1 aromatic carbocycles. The van der Waals surface area contributed by atoms with Crippen LogP contribution in [-0.2, 0) is 11.3 Å². The Morgan fingerprint density at radius 2 is 1.75 bits per heavy atom. The van der Waals surface area contributed by atoms with Gasteiger partial charge in [-0.3, -0.25) is 4.79 Å². The summed E-state index contributed by atoms with van der Waals surface area (Å²) in [6.07, 6.45) is 0. The van der Waals surface area contributed by atoms with E-state index in [0.29, 0.717) is 6.54 Å². The van der Waals surface area contributed by atoms with Crippen molar-refractivity contribution in [3.05, 3.63) is 34.4 Å². The van der Waals surface area contributed by atoms with Gasteiger partial charge in [0.25, 0.3) is 0 Å². The Balaban J connectivity index is 2.89. The molecule has 0 spiro atoms. The Bertz CT molecular complexity index is 399. The Hall–Kier alpha value is -1.35. The number of carbonyl (C=O) groups is 1. The summed E-state index contributed by atoms with van der Waals surface area (Å²) >= 11 is 0. The van der Waals surface area contributed by atoms with Crippen molar-refractivity contribution in [3.8, 4) is 0 Å². The van der Waals surface area contributed by atoms with Crippen LogP contribution in [0.4, 0.5) is 0 Å². The molecule has 2 N–H and O–H groups in total. The van der Waals surface area contributed by atoms with Gasteiger partial charge < -0.3 is 10.6 Å². The van der Waals surface area contributed by atoms with E-state index in [4.69, 9.17) is 5.73 Å². The van der Waals surface area contributed by atoms with Crippen LogP contribution in [0.25, 0.3) is 0 Å². The van der Waals surface area contributed by atoms with Crippen LogP contribution in [0, 0.1) is 20.8 Å². The molecule has 0 aromatic heterocycles. The number of nitrogens with zero attached hydrogens (tertiary/aromatic N) is 1. The minimum atomic E-state index is -0.0300. The second-order valence-electron chi connectivity index (χ2n) is 4.32. The lowest BCUT2D eigenvalue weighted by atomic mass is 10.0. The first-order valence-electron chi connectivity index (χ1n) is 5.46. The summed E-state index contributed by atoms with van der Waals surface area (Å²) in [4.78, 5) is 13.0. The zero-order chi connectivity index (χ0) is 12.3. The maximum absolute atomic E-state index is 11.4. The van der Waals surface area contributed by atoms with Gasteiger partial charge in [0.15, 0.2) is 0 Å². The van der Waals surface area contributed by atoms with Crippen molar-refractivity contribution in [2.45, 2.75) is 27.3 Å². The van der Waals surface area contributed by atoms with Crippen LogP contribution in [0.5, 0.6) is 0 Å². The van der Waals surface area contributed by atoms with E-state index in [1.54, 1.807) is 11.9 Å². The molecule has 0 saturated carbocycles. The second kappa shape index (κ2) is 5.12. The molecular formula is C13H20N2O. The van der Waals surface area contributed by atoms with Crippen molar-refractivity contribution >= 4 is 5.91 Å². The molecule has 0 bridgehead atoms. The number of aryl methyl sites for hydroxylation is 3. The molecule has 1 rings (SSSR count). The minimum Gasteiger partial charge on any atom is -0.340 e. The van der Waals surface area contributed by atoms with Crippen molar-refractivity contribution in [2.75, 3.05) is 13.6 Å². The summed E-state index contributed by atoms with van der Waals surface area (Å²) in [6.45, 7) is 6.95. The summed E-state index contributed by atoms with van der Waals surface area (Å²) in [6, 6.07) is 4.30. The van der Waals surface area contributed by atoms with Crippen LogP contribution in [0.3, 0.4) is 0 Å². The number of amides is 1. The van der Waals surface area contributed by atoms with Crippen molar-refractivity contribution in [2.24, 2.45) is 5.73 Å². The lowest BCUT2D eigenvalue weighted by Gasteiger charge is -2.18. The maximum Gasteiger partial charge on any atom is 0.236 e. The first-order chi connectivity index (χ1) is 7.45. The third-order valence-electron chi connectivity index (χ3n) is 2.96. The number of hydrogen-bond acceptors (Lipinski definition) is 2. The van der Waals surface area contributed by atoms with E-state index in [9.17, 15) is 4.79 Å². The molecule has 0 saturated heterocycles. The highest BCUT2D eigenvalue weighted by Gasteiger charge is 2.09. The first kappa shape index (κ1) is 12.7. The average Bonchev–Trinajstić information content (AvgIpc) is 2.24. The number of hydrogen-bond donors (Lipinski definition) is 1. The van der Waals surface area contributed by atoms with E-state index in [1.807, 2.05) is 0 Å². The van der Waals surface area contributed by atoms with E-state index in [0.717, 1.165) is 0 Å². The fourth-order valence-electron chi connectivity index (χ4n) is 1.69. The predicted molar refractivity (Wildman–Crippen MR) is 66.2 cm³/mol. The zero-order valence-electron chi connectivity index (χ0n) is 10.5. The molecule has 16 heavy (non-hydrogen) atoms. The second-order valence-corrected chi connectivity index (χ2v) is 4.32. The van der Waals surface area contributed by atoms with Crippen LogP contribution < -0.4 is 5.73 Å². The summed E-state index contributed by atoms with van der Waals surface area (Å²) < 4.78 is 0. The van der Waals surface area contributed by atoms with Crippen LogP contribution in [-0.4, -0.2) is 24.4 Å².